The number of nitrogens with zero attached hydrogens (tertiary/aromatic N) is 1. The molecule has 2 aromatic carbocycles. The number of pyridine rings is 1. The number of hydrogen-bond acceptors (Lipinski definition) is 3. The molecule has 3 aromatic rings. The SMILES string of the molecule is CCC(=O)O[C@H](c1ccccc1)c1nccc2ccccc12. The zero-order chi connectivity index (χ0) is 15.4. The number of carbonyl (C=O) groups excluding carboxylic acids is 1. The van der Waals surface area contributed by atoms with Crippen molar-refractivity contribution in [2.75, 3.05) is 0 Å². The van der Waals surface area contributed by atoms with Crippen molar-refractivity contribution in [1.82, 2.24) is 4.98 Å². The van der Waals surface area contributed by atoms with Gasteiger partial charge in [-0.1, -0.05) is 61.5 Å². The Morgan fingerprint density at radius 2 is 1.77 bits per heavy atom. The average Bonchev–Trinajstić information content (AvgIpc) is 2.60. The summed E-state index contributed by atoms with van der Waals surface area (Å²) < 4.78 is 5.68. The maximum atomic E-state index is 11.9. The molecule has 0 bridgehead atoms. The van der Waals surface area contributed by atoms with Crippen molar-refractivity contribution in [3.63, 3.8) is 0 Å². The number of aromatic nitrogens is 1. The van der Waals surface area contributed by atoms with Crippen LogP contribution in [0.15, 0.2) is 66.9 Å². The summed E-state index contributed by atoms with van der Waals surface area (Å²) in [5.41, 5.74) is 1.69. The first-order valence-electron chi connectivity index (χ1n) is 7.37. The van der Waals surface area contributed by atoms with E-state index in [0.717, 1.165) is 22.0 Å². The number of ether oxygens (including phenoxy) is 1. The quantitative estimate of drug-likeness (QED) is 0.674. The summed E-state index contributed by atoms with van der Waals surface area (Å²) in [5.74, 6) is -0.233. The first kappa shape index (κ1) is 14.3. The summed E-state index contributed by atoms with van der Waals surface area (Å²) in [6, 6.07) is 19.7. The van der Waals surface area contributed by atoms with Gasteiger partial charge in [0.05, 0.1) is 5.69 Å². The van der Waals surface area contributed by atoms with Gasteiger partial charge >= 0.3 is 5.97 Å². The molecule has 0 amide bonds. The van der Waals surface area contributed by atoms with Crippen LogP contribution in [0.3, 0.4) is 0 Å². The molecule has 3 heteroatoms. The number of fused-ring (bicyclic) bond motifs is 1. The number of carbonyl (C=O) groups is 1. The fourth-order valence-electron chi connectivity index (χ4n) is 2.48. The van der Waals surface area contributed by atoms with E-state index in [1.807, 2.05) is 60.7 Å². The zero-order valence-electron chi connectivity index (χ0n) is 12.4. The second-order valence-electron chi connectivity index (χ2n) is 5.05. The molecule has 0 aliphatic heterocycles. The third-order valence-corrected chi connectivity index (χ3v) is 3.59. The van der Waals surface area contributed by atoms with Crippen LogP contribution in [0.5, 0.6) is 0 Å². The number of benzene rings is 2. The lowest BCUT2D eigenvalue weighted by atomic mass is 10.0. The second-order valence-corrected chi connectivity index (χ2v) is 5.05. The van der Waals surface area contributed by atoms with Crippen molar-refractivity contribution in [2.24, 2.45) is 0 Å². The lowest BCUT2D eigenvalue weighted by Gasteiger charge is -2.19. The molecule has 0 aliphatic carbocycles. The Bertz CT molecular complexity index is 778. The molecule has 1 heterocycles. The van der Waals surface area contributed by atoms with Crippen LogP contribution in [0.2, 0.25) is 0 Å². The van der Waals surface area contributed by atoms with E-state index in [1.54, 1.807) is 13.1 Å². The molecule has 0 saturated carbocycles. The summed E-state index contributed by atoms with van der Waals surface area (Å²) in [6.45, 7) is 1.79. The van der Waals surface area contributed by atoms with Crippen molar-refractivity contribution in [1.29, 1.82) is 0 Å². The summed E-state index contributed by atoms with van der Waals surface area (Å²) in [7, 11) is 0. The van der Waals surface area contributed by atoms with E-state index >= 15 is 0 Å². The Morgan fingerprint density at radius 1 is 1.05 bits per heavy atom. The monoisotopic (exact) mass is 291 g/mol. The number of hydrogen-bond donors (Lipinski definition) is 0. The largest absolute Gasteiger partial charge is 0.451 e. The lowest BCUT2D eigenvalue weighted by Crippen LogP contribution is -2.13. The van der Waals surface area contributed by atoms with Gasteiger partial charge in [0, 0.05) is 18.0 Å². The lowest BCUT2D eigenvalue weighted by molar-refractivity contribution is -0.147. The van der Waals surface area contributed by atoms with Gasteiger partial charge < -0.3 is 4.74 Å². The molecule has 1 atom stereocenters. The van der Waals surface area contributed by atoms with E-state index < -0.39 is 6.10 Å². The van der Waals surface area contributed by atoms with Crippen LogP contribution < -0.4 is 0 Å². The summed E-state index contributed by atoms with van der Waals surface area (Å²) in [5, 5.41) is 2.09. The fourth-order valence-corrected chi connectivity index (χ4v) is 2.48. The summed E-state index contributed by atoms with van der Waals surface area (Å²) in [4.78, 5) is 16.3. The van der Waals surface area contributed by atoms with E-state index in [1.165, 1.54) is 0 Å². The van der Waals surface area contributed by atoms with Gasteiger partial charge in [0.1, 0.15) is 0 Å². The molecular formula is C19H17NO2. The van der Waals surface area contributed by atoms with E-state index in [2.05, 4.69) is 4.98 Å². The molecule has 1 aromatic heterocycles. The third kappa shape index (κ3) is 2.84. The smallest absolute Gasteiger partial charge is 0.306 e. The van der Waals surface area contributed by atoms with Crippen LogP contribution in [-0.2, 0) is 9.53 Å². The first-order chi connectivity index (χ1) is 10.8. The highest BCUT2D eigenvalue weighted by Gasteiger charge is 2.21. The molecule has 0 spiro atoms. The molecular weight excluding hydrogens is 274 g/mol. The Balaban J connectivity index is 2.13. The van der Waals surface area contributed by atoms with Crippen LogP contribution in [0.1, 0.15) is 30.7 Å². The van der Waals surface area contributed by atoms with Crippen LogP contribution in [-0.4, -0.2) is 11.0 Å². The van der Waals surface area contributed by atoms with Gasteiger partial charge in [0.2, 0.25) is 0 Å². The van der Waals surface area contributed by atoms with Gasteiger partial charge in [-0.05, 0) is 17.0 Å². The fraction of sp³-hybridized carbons (Fsp3) is 0.158. The van der Waals surface area contributed by atoms with Crippen LogP contribution >= 0.6 is 0 Å². The zero-order valence-corrected chi connectivity index (χ0v) is 12.4. The summed E-state index contributed by atoms with van der Waals surface area (Å²) >= 11 is 0. The second kappa shape index (κ2) is 6.39. The number of rotatable bonds is 4. The van der Waals surface area contributed by atoms with Gasteiger partial charge in [0.25, 0.3) is 0 Å². The van der Waals surface area contributed by atoms with E-state index in [9.17, 15) is 4.79 Å². The van der Waals surface area contributed by atoms with Gasteiger partial charge in [0.15, 0.2) is 6.10 Å². The minimum Gasteiger partial charge on any atom is -0.451 e. The van der Waals surface area contributed by atoms with Crippen molar-refractivity contribution in [3.05, 3.63) is 78.1 Å². The van der Waals surface area contributed by atoms with Crippen LogP contribution in [0, 0.1) is 0 Å². The molecule has 3 nitrogen and oxygen atoms in total. The maximum Gasteiger partial charge on any atom is 0.306 e. The number of esters is 1. The standard InChI is InChI=1S/C19H17NO2/c1-2-17(21)22-19(15-9-4-3-5-10-15)18-16-11-7-6-8-14(16)12-13-20-18/h3-13,19H,2H2,1H3/t19-/m1/s1. The summed E-state index contributed by atoms with van der Waals surface area (Å²) in [6.07, 6.45) is 1.61. The van der Waals surface area contributed by atoms with Crippen molar-refractivity contribution in [2.45, 2.75) is 19.4 Å². The highest BCUT2D eigenvalue weighted by atomic mass is 16.5. The molecule has 22 heavy (non-hydrogen) atoms. The van der Waals surface area contributed by atoms with Gasteiger partial charge in [-0.3, -0.25) is 9.78 Å². The van der Waals surface area contributed by atoms with Gasteiger partial charge in [-0.25, -0.2) is 0 Å². The predicted octanol–water partition coefficient (Wildman–Crippen LogP) is 4.28. The van der Waals surface area contributed by atoms with Crippen LogP contribution in [0.25, 0.3) is 10.8 Å². The molecule has 0 aliphatic rings. The van der Waals surface area contributed by atoms with Crippen molar-refractivity contribution < 1.29 is 9.53 Å². The highest BCUT2D eigenvalue weighted by molar-refractivity contribution is 5.85. The van der Waals surface area contributed by atoms with E-state index in [0.29, 0.717) is 6.42 Å². The Kier molecular flexibility index (Phi) is 4.15. The van der Waals surface area contributed by atoms with Gasteiger partial charge in [-0.15, -0.1) is 0 Å². The third-order valence-electron chi connectivity index (χ3n) is 3.59. The van der Waals surface area contributed by atoms with Crippen molar-refractivity contribution in [3.8, 4) is 0 Å². The van der Waals surface area contributed by atoms with Crippen LogP contribution in [0.4, 0.5) is 0 Å². The molecule has 0 fully saturated rings. The first-order valence-corrected chi connectivity index (χ1v) is 7.37. The Morgan fingerprint density at radius 3 is 2.55 bits per heavy atom. The molecule has 0 saturated heterocycles. The topological polar surface area (TPSA) is 39.2 Å². The van der Waals surface area contributed by atoms with Crippen molar-refractivity contribution >= 4 is 16.7 Å². The highest BCUT2D eigenvalue weighted by Crippen LogP contribution is 2.30. The predicted molar refractivity (Wildman–Crippen MR) is 86.4 cm³/mol. The molecule has 110 valence electrons. The maximum absolute atomic E-state index is 11.9. The Hall–Kier alpha value is -2.68. The minimum absolute atomic E-state index is 0.233. The minimum atomic E-state index is -0.486. The Labute approximate surface area is 129 Å². The molecule has 3 rings (SSSR count). The van der Waals surface area contributed by atoms with Gasteiger partial charge in [-0.2, -0.15) is 0 Å². The normalized spacial score (nSPS) is 12.0. The van der Waals surface area contributed by atoms with E-state index in [-0.39, 0.29) is 5.97 Å². The average molecular weight is 291 g/mol. The molecule has 0 unspecified atom stereocenters. The molecule has 0 N–H and O–H groups in total. The molecule has 0 radical (unpaired) electrons. The van der Waals surface area contributed by atoms with E-state index in [4.69, 9.17) is 4.74 Å².